The maximum absolute atomic E-state index is 3.43. The zero-order valence-corrected chi connectivity index (χ0v) is 8.26. The largest absolute Gasteiger partial charge is 0.326 e. The Morgan fingerprint density at radius 3 is 2.64 bits per heavy atom. The second-order valence-corrected chi connectivity index (χ2v) is 4.49. The second kappa shape index (κ2) is 3.19. The van der Waals surface area contributed by atoms with Crippen LogP contribution in [-0.4, -0.2) is 11.2 Å². The van der Waals surface area contributed by atoms with Gasteiger partial charge in [0.15, 0.2) is 0 Å². The molecule has 2 aliphatic carbocycles. The predicted octanol–water partition coefficient (Wildman–Crippen LogP) is 2.24. The summed E-state index contributed by atoms with van der Waals surface area (Å²) in [5, 5.41) is 0. The number of nitrogens with zero attached hydrogens (tertiary/aromatic N) is 1. The minimum Gasteiger partial charge on any atom is -0.326 e. The molecule has 1 N–H and O–H groups in total. The summed E-state index contributed by atoms with van der Waals surface area (Å²) in [6.07, 6.45) is 11.7. The molecule has 3 unspecified atom stereocenters. The minimum atomic E-state index is 0.850. The highest BCUT2D eigenvalue weighted by Crippen LogP contribution is 2.42. The molecule has 3 rings (SSSR count). The van der Waals surface area contributed by atoms with E-state index in [9.17, 15) is 0 Å². The SMILES string of the molecule is C1=CC2CC1CC2CNn1cccc1. The molecule has 1 aromatic heterocycles. The van der Waals surface area contributed by atoms with E-state index in [2.05, 4.69) is 34.6 Å². The fourth-order valence-electron chi connectivity index (χ4n) is 2.79. The van der Waals surface area contributed by atoms with Gasteiger partial charge in [0.1, 0.15) is 0 Å². The highest BCUT2D eigenvalue weighted by atomic mass is 15.4. The first-order valence-corrected chi connectivity index (χ1v) is 5.47. The van der Waals surface area contributed by atoms with Crippen LogP contribution in [0.4, 0.5) is 0 Å². The van der Waals surface area contributed by atoms with Gasteiger partial charge in [-0.3, -0.25) is 4.68 Å². The van der Waals surface area contributed by atoms with Crippen LogP contribution in [0.2, 0.25) is 0 Å². The van der Waals surface area contributed by atoms with Gasteiger partial charge in [-0.05, 0) is 42.7 Å². The van der Waals surface area contributed by atoms with E-state index in [0.717, 1.165) is 24.3 Å². The maximum atomic E-state index is 3.43. The monoisotopic (exact) mass is 188 g/mol. The van der Waals surface area contributed by atoms with Gasteiger partial charge in [0.05, 0.1) is 0 Å². The van der Waals surface area contributed by atoms with Gasteiger partial charge in [-0.25, -0.2) is 0 Å². The lowest BCUT2D eigenvalue weighted by Gasteiger charge is -2.19. The van der Waals surface area contributed by atoms with Crippen molar-refractivity contribution in [3.05, 3.63) is 36.7 Å². The van der Waals surface area contributed by atoms with Crippen LogP contribution in [0.1, 0.15) is 12.8 Å². The lowest BCUT2D eigenvalue weighted by Crippen LogP contribution is -2.23. The van der Waals surface area contributed by atoms with E-state index in [1.807, 2.05) is 12.1 Å². The van der Waals surface area contributed by atoms with Crippen molar-refractivity contribution in [2.75, 3.05) is 12.0 Å². The molecule has 0 aromatic carbocycles. The average Bonchev–Trinajstić information content (AvgIpc) is 2.91. The second-order valence-electron chi connectivity index (χ2n) is 4.49. The highest BCUT2D eigenvalue weighted by Gasteiger charge is 2.35. The Kier molecular flexibility index (Phi) is 1.86. The van der Waals surface area contributed by atoms with Crippen LogP contribution in [0.15, 0.2) is 36.7 Å². The molecule has 14 heavy (non-hydrogen) atoms. The van der Waals surface area contributed by atoms with Gasteiger partial charge in [0.25, 0.3) is 0 Å². The first-order chi connectivity index (χ1) is 6.92. The van der Waals surface area contributed by atoms with E-state index < -0.39 is 0 Å². The van der Waals surface area contributed by atoms with E-state index in [1.54, 1.807) is 0 Å². The molecule has 2 aliphatic rings. The lowest BCUT2D eigenvalue weighted by molar-refractivity contribution is 0.457. The van der Waals surface area contributed by atoms with Crippen LogP contribution in [0.25, 0.3) is 0 Å². The summed E-state index contributed by atoms with van der Waals surface area (Å²) in [5.74, 6) is 2.59. The van der Waals surface area contributed by atoms with Crippen molar-refractivity contribution in [3.8, 4) is 0 Å². The summed E-state index contributed by atoms with van der Waals surface area (Å²) in [4.78, 5) is 0. The Morgan fingerprint density at radius 1 is 1.14 bits per heavy atom. The van der Waals surface area contributed by atoms with Crippen molar-refractivity contribution in [3.63, 3.8) is 0 Å². The van der Waals surface area contributed by atoms with Gasteiger partial charge < -0.3 is 5.43 Å². The van der Waals surface area contributed by atoms with E-state index in [0.29, 0.717) is 0 Å². The molecule has 0 spiro atoms. The molecule has 0 aliphatic heterocycles. The molecule has 0 amide bonds. The molecule has 2 heteroatoms. The zero-order valence-electron chi connectivity index (χ0n) is 8.26. The third-order valence-electron chi connectivity index (χ3n) is 3.56. The Morgan fingerprint density at radius 2 is 2.00 bits per heavy atom. The Hall–Kier alpha value is -1.18. The molecule has 1 fully saturated rings. The first kappa shape index (κ1) is 8.16. The summed E-state index contributed by atoms with van der Waals surface area (Å²) in [5.41, 5.74) is 3.43. The number of allylic oxidation sites excluding steroid dienone is 2. The molecule has 3 atom stereocenters. The summed E-state index contributed by atoms with van der Waals surface area (Å²) >= 11 is 0. The molecular formula is C12H16N2. The van der Waals surface area contributed by atoms with E-state index in [4.69, 9.17) is 0 Å². The molecule has 2 nitrogen and oxygen atoms in total. The predicted molar refractivity (Wildman–Crippen MR) is 57.5 cm³/mol. The fourth-order valence-corrected chi connectivity index (χ4v) is 2.79. The summed E-state index contributed by atoms with van der Waals surface area (Å²) in [6, 6.07) is 4.10. The molecule has 0 saturated heterocycles. The van der Waals surface area contributed by atoms with Crippen molar-refractivity contribution in [1.82, 2.24) is 4.68 Å². The average molecular weight is 188 g/mol. The lowest BCUT2D eigenvalue weighted by atomic mass is 9.94. The van der Waals surface area contributed by atoms with Crippen molar-refractivity contribution in [2.45, 2.75) is 12.8 Å². The molecule has 1 heterocycles. The van der Waals surface area contributed by atoms with Crippen LogP contribution < -0.4 is 5.43 Å². The van der Waals surface area contributed by atoms with Gasteiger partial charge >= 0.3 is 0 Å². The van der Waals surface area contributed by atoms with Crippen LogP contribution >= 0.6 is 0 Å². The standard InChI is InChI=1S/C12H16N2/c1-2-6-14(5-1)13-9-12-8-10-3-4-11(12)7-10/h1-6,10-13H,7-9H2. The number of fused-ring (bicyclic) bond motifs is 2. The smallest absolute Gasteiger partial charge is 0.0347 e. The van der Waals surface area contributed by atoms with Crippen LogP contribution in [0.5, 0.6) is 0 Å². The third-order valence-corrected chi connectivity index (χ3v) is 3.56. The molecule has 0 radical (unpaired) electrons. The Labute approximate surface area is 84.6 Å². The van der Waals surface area contributed by atoms with Crippen molar-refractivity contribution >= 4 is 0 Å². The molecule has 1 saturated carbocycles. The van der Waals surface area contributed by atoms with Gasteiger partial charge in [0, 0.05) is 18.9 Å². The number of nitrogens with one attached hydrogen (secondary N) is 1. The molecule has 1 aromatic rings. The van der Waals surface area contributed by atoms with Gasteiger partial charge in [0.2, 0.25) is 0 Å². The highest BCUT2D eigenvalue weighted by molar-refractivity contribution is 5.11. The van der Waals surface area contributed by atoms with E-state index >= 15 is 0 Å². The number of aromatic nitrogens is 1. The minimum absolute atomic E-state index is 0.850. The number of rotatable bonds is 3. The maximum Gasteiger partial charge on any atom is 0.0347 e. The Balaban J connectivity index is 1.57. The van der Waals surface area contributed by atoms with Gasteiger partial charge in [-0.1, -0.05) is 12.2 Å². The van der Waals surface area contributed by atoms with Gasteiger partial charge in [-0.2, -0.15) is 0 Å². The summed E-state index contributed by atoms with van der Waals surface area (Å²) in [6.45, 7) is 1.11. The summed E-state index contributed by atoms with van der Waals surface area (Å²) in [7, 11) is 0. The van der Waals surface area contributed by atoms with Crippen molar-refractivity contribution in [1.29, 1.82) is 0 Å². The van der Waals surface area contributed by atoms with E-state index in [-0.39, 0.29) is 0 Å². The van der Waals surface area contributed by atoms with Crippen LogP contribution in [0, 0.1) is 17.8 Å². The topological polar surface area (TPSA) is 17.0 Å². The Bertz CT molecular complexity index is 326. The van der Waals surface area contributed by atoms with Crippen molar-refractivity contribution < 1.29 is 0 Å². The van der Waals surface area contributed by atoms with Crippen LogP contribution in [-0.2, 0) is 0 Å². The molecule has 74 valence electrons. The quantitative estimate of drug-likeness (QED) is 0.720. The summed E-state index contributed by atoms with van der Waals surface area (Å²) < 4.78 is 2.05. The van der Waals surface area contributed by atoms with E-state index in [1.165, 1.54) is 12.8 Å². The molecule has 2 bridgehead atoms. The number of hydrogen-bond acceptors (Lipinski definition) is 1. The van der Waals surface area contributed by atoms with Crippen molar-refractivity contribution in [2.24, 2.45) is 17.8 Å². The molecular weight excluding hydrogens is 172 g/mol. The number of hydrogen-bond donors (Lipinski definition) is 1. The van der Waals surface area contributed by atoms with Crippen LogP contribution in [0.3, 0.4) is 0 Å². The normalized spacial score (nSPS) is 33.9. The first-order valence-electron chi connectivity index (χ1n) is 5.47. The van der Waals surface area contributed by atoms with Gasteiger partial charge in [-0.15, -0.1) is 0 Å². The fraction of sp³-hybridized carbons (Fsp3) is 0.500. The zero-order chi connectivity index (χ0) is 9.38. The third kappa shape index (κ3) is 1.35.